The number of hydrogen-bond acceptors (Lipinski definition) is 2. The summed E-state index contributed by atoms with van der Waals surface area (Å²) in [5.41, 5.74) is 0.761. The number of nitrogens with zero attached hydrogens (tertiary/aromatic N) is 1. The van der Waals surface area contributed by atoms with Crippen LogP contribution in [0.15, 0.2) is 30.6 Å². The normalized spacial score (nSPS) is 16.1. The van der Waals surface area contributed by atoms with Crippen molar-refractivity contribution in [1.29, 1.82) is 0 Å². The van der Waals surface area contributed by atoms with Crippen LogP contribution in [-0.4, -0.2) is 11.0 Å². The number of nitrogens with one attached hydrogen (secondary N) is 1. The summed E-state index contributed by atoms with van der Waals surface area (Å²) in [5.74, 6) is -0.129. The third-order valence-corrected chi connectivity index (χ3v) is 3.55. The van der Waals surface area contributed by atoms with Crippen LogP contribution in [0.2, 0.25) is 0 Å². The minimum Gasteiger partial charge on any atom is -0.310 e. The Balaban J connectivity index is 1.92. The molecule has 0 unspecified atom stereocenters. The molecular formula is C14H15FN2. The van der Waals surface area contributed by atoms with E-state index in [0.29, 0.717) is 12.6 Å². The van der Waals surface area contributed by atoms with Gasteiger partial charge in [0.05, 0.1) is 0 Å². The van der Waals surface area contributed by atoms with Gasteiger partial charge in [-0.15, -0.1) is 0 Å². The summed E-state index contributed by atoms with van der Waals surface area (Å²) >= 11 is 0. The van der Waals surface area contributed by atoms with Crippen molar-refractivity contribution in [3.63, 3.8) is 0 Å². The second kappa shape index (κ2) is 4.41. The summed E-state index contributed by atoms with van der Waals surface area (Å²) < 4.78 is 13.8. The van der Waals surface area contributed by atoms with E-state index in [9.17, 15) is 4.39 Å². The van der Waals surface area contributed by atoms with Crippen LogP contribution < -0.4 is 5.32 Å². The van der Waals surface area contributed by atoms with E-state index in [4.69, 9.17) is 0 Å². The average Bonchev–Trinajstić information content (AvgIpc) is 2.30. The van der Waals surface area contributed by atoms with Gasteiger partial charge in [0.1, 0.15) is 5.82 Å². The molecule has 0 spiro atoms. The summed E-state index contributed by atoms with van der Waals surface area (Å²) in [5, 5.41) is 5.37. The first kappa shape index (κ1) is 10.7. The molecule has 17 heavy (non-hydrogen) atoms. The molecule has 0 amide bonds. The number of hydrogen-bond donors (Lipinski definition) is 1. The maximum atomic E-state index is 13.8. The van der Waals surface area contributed by atoms with Crippen molar-refractivity contribution in [2.24, 2.45) is 0 Å². The zero-order chi connectivity index (χ0) is 11.7. The van der Waals surface area contributed by atoms with Gasteiger partial charge in [0.25, 0.3) is 0 Å². The van der Waals surface area contributed by atoms with Gasteiger partial charge in [-0.05, 0) is 36.4 Å². The molecule has 1 saturated carbocycles. The first-order valence-electron chi connectivity index (χ1n) is 6.09. The predicted octanol–water partition coefficient (Wildman–Crippen LogP) is 3.02. The summed E-state index contributed by atoms with van der Waals surface area (Å²) in [6, 6.07) is 5.77. The number of rotatable bonds is 3. The Kier molecular flexibility index (Phi) is 2.77. The molecule has 0 saturated heterocycles. The Bertz CT molecular complexity index is 535. The van der Waals surface area contributed by atoms with E-state index in [-0.39, 0.29) is 5.82 Å². The molecule has 1 heterocycles. The largest absolute Gasteiger partial charge is 0.310 e. The maximum absolute atomic E-state index is 13.8. The van der Waals surface area contributed by atoms with Crippen LogP contribution in [0.25, 0.3) is 10.8 Å². The molecule has 0 atom stereocenters. The lowest BCUT2D eigenvalue weighted by Crippen LogP contribution is -2.34. The molecule has 3 rings (SSSR count). The van der Waals surface area contributed by atoms with E-state index in [1.807, 2.05) is 6.07 Å². The minimum atomic E-state index is -0.129. The second-order valence-corrected chi connectivity index (χ2v) is 4.63. The Morgan fingerprint density at radius 1 is 1.29 bits per heavy atom. The molecular weight excluding hydrogens is 215 g/mol. The highest BCUT2D eigenvalue weighted by Gasteiger charge is 2.17. The van der Waals surface area contributed by atoms with Gasteiger partial charge in [0.15, 0.2) is 0 Å². The van der Waals surface area contributed by atoms with Crippen LogP contribution in [-0.2, 0) is 6.54 Å². The van der Waals surface area contributed by atoms with Crippen molar-refractivity contribution in [3.8, 4) is 0 Å². The van der Waals surface area contributed by atoms with Crippen LogP contribution >= 0.6 is 0 Å². The van der Waals surface area contributed by atoms with Crippen molar-refractivity contribution in [2.75, 3.05) is 0 Å². The van der Waals surface area contributed by atoms with Crippen LogP contribution in [0.3, 0.4) is 0 Å². The van der Waals surface area contributed by atoms with E-state index in [1.165, 1.54) is 25.3 Å². The van der Waals surface area contributed by atoms with Crippen LogP contribution in [0, 0.1) is 5.82 Å². The number of benzene rings is 1. The highest BCUT2D eigenvalue weighted by atomic mass is 19.1. The van der Waals surface area contributed by atoms with Gasteiger partial charge in [0.2, 0.25) is 0 Å². The summed E-state index contributed by atoms with van der Waals surface area (Å²) in [4.78, 5) is 4.06. The molecule has 1 N–H and O–H groups in total. The molecule has 0 bridgehead atoms. The average molecular weight is 230 g/mol. The van der Waals surface area contributed by atoms with Crippen LogP contribution in [0.4, 0.5) is 4.39 Å². The molecule has 88 valence electrons. The summed E-state index contributed by atoms with van der Waals surface area (Å²) in [6.07, 6.45) is 7.22. The zero-order valence-electron chi connectivity index (χ0n) is 9.62. The van der Waals surface area contributed by atoms with Crippen molar-refractivity contribution in [2.45, 2.75) is 31.8 Å². The SMILES string of the molecule is Fc1ccc2cnccc2c1CNC1CCC1. The fourth-order valence-corrected chi connectivity index (χ4v) is 2.24. The van der Waals surface area contributed by atoms with Crippen molar-refractivity contribution >= 4 is 10.8 Å². The lowest BCUT2D eigenvalue weighted by Gasteiger charge is -2.26. The molecule has 1 aromatic carbocycles. The van der Waals surface area contributed by atoms with E-state index in [0.717, 1.165) is 16.3 Å². The molecule has 0 aliphatic heterocycles. The topological polar surface area (TPSA) is 24.9 Å². The maximum Gasteiger partial charge on any atom is 0.128 e. The molecule has 2 nitrogen and oxygen atoms in total. The smallest absolute Gasteiger partial charge is 0.128 e. The second-order valence-electron chi connectivity index (χ2n) is 4.63. The van der Waals surface area contributed by atoms with Gasteiger partial charge in [0, 0.05) is 35.9 Å². The quantitative estimate of drug-likeness (QED) is 0.876. The Hall–Kier alpha value is -1.48. The van der Waals surface area contributed by atoms with Crippen molar-refractivity contribution in [1.82, 2.24) is 10.3 Å². The number of fused-ring (bicyclic) bond motifs is 1. The minimum absolute atomic E-state index is 0.129. The van der Waals surface area contributed by atoms with Gasteiger partial charge >= 0.3 is 0 Å². The van der Waals surface area contributed by atoms with Gasteiger partial charge in [-0.1, -0.05) is 6.42 Å². The summed E-state index contributed by atoms with van der Waals surface area (Å²) in [6.45, 7) is 0.609. The first-order valence-corrected chi connectivity index (χ1v) is 6.09. The Morgan fingerprint density at radius 2 is 2.18 bits per heavy atom. The molecule has 2 aromatic rings. The monoisotopic (exact) mass is 230 g/mol. The van der Waals surface area contributed by atoms with Gasteiger partial charge in [-0.3, -0.25) is 4.98 Å². The zero-order valence-corrected chi connectivity index (χ0v) is 9.62. The van der Waals surface area contributed by atoms with Crippen LogP contribution in [0.5, 0.6) is 0 Å². The summed E-state index contributed by atoms with van der Waals surface area (Å²) in [7, 11) is 0. The molecule has 1 aliphatic carbocycles. The first-order chi connectivity index (χ1) is 8.34. The third kappa shape index (κ3) is 2.03. The predicted molar refractivity (Wildman–Crippen MR) is 66.2 cm³/mol. The standard InChI is InChI=1S/C14H15FN2/c15-14-5-4-10-8-16-7-6-12(10)13(14)9-17-11-2-1-3-11/h4-8,11,17H,1-3,9H2. The van der Waals surface area contributed by atoms with Gasteiger partial charge in [-0.25, -0.2) is 4.39 Å². The Morgan fingerprint density at radius 3 is 2.94 bits per heavy atom. The van der Waals surface area contributed by atoms with E-state index in [1.54, 1.807) is 18.5 Å². The van der Waals surface area contributed by atoms with Gasteiger partial charge in [-0.2, -0.15) is 0 Å². The molecule has 1 aliphatic rings. The van der Waals surface area contributed by atoms with E-state index >= 15 is 0 Å². The van der Waals surface area contributed by atoms with Gasteiger partial charge < -0.3 is 5.32 Å². The Labute approximate surface area is 99.9 Å². The molecule has 0 radical (unpaired) electrons. The number of pyridine rings is 1. The lowest BCUT2D eigenvalue weighted by molar-refractivity contribution is 0.337. The number of aromatic nitrogens is 1. The van der Waals surface area contributed by atoms with E-state index in [2.05, 4.69) is 10.3 Å². The van der Waals surface area contributed by atoms with Crippen LogP contribution in [0.1, 0.15) is 24.8 Å². The highest BCUT2D eigenvalue weighted by molar-refractivity contribution is 5.84. The number of halogens is 1. The van der Waals surface area contributed by atoms with Crippen molar-refractivity contribution in [3.05, 3.63) is 42.0 Å². The highest BCUT2D eigenvalue weighted by Crippen LogP contribution is 2.23. The third-order valence-electron chi connectivity index (χ3n) is 3.55. The van der Waals surface area contributed by atoms with Crippen molar-refractivity contribution < 1.29 is 4.39 Å². The molecule has 1 fully saturated rings. The fraction of sp³-hybridized carbons (Fsp3) is 0.357. The lowest BCUT2D eigenvalue weighted by atomic mass is 9.93. The molecule has 3 heteroatoms. The fourth-order valence-electron chi connectivity index (χ4n) is 2.24. The van der Waals surface area contributed by atoms with E-state index < -0.39 is 0 Å². The molecule has 1 aromatic heterocycles.